The van der Waals surface area contributed by atoms with Gasteiger partial charge in [0.2, 0.25) is 0 Å². The SMILES string of the molecule is CN(C(=O)C1=CC(C(F)(F)F)=CC(C(F)(F)F)C1)c1cnccc1-c1ccc(F)cc1OCCO. The molecule has 188 valence electrons. The van der Waals surface area contributed by atoms with Gasteiger partial charge in [-0.1, -0.05) is 6.08 Å². The predicted octanol–water partition coefficient (Wildman–Crippen LogP) is 5.22. The van der Waals surface area contributed by atoms with Crippen LogP contribution in [0.15, 0.2) is 60.0 Å². The van der Waals surface area contributed by atoms with Crippen molar-refractivity contribution in [1.82, 2.24) is 4.98 Å². The van der Waals surface area contributed by atoms with Gasteiger partial charge in [0.15, 0.2) is 0 Å². The molecule has 35 heavy (non-hydrogen) atoms. The lowest BCUT2D eigenvalue weighted by molar-refractivity contribution is -0.162. The van der Waals surface area contributed by atoms with E-state index >= 15 is 0 Å². The zero-order valence-electron chi connectivity index (χ0n) is 18.1. The molecule has 1 heterocycles. The van der Waals surface area contributed by atoms with E-state index in [4.69, 9.17) is 9.84 Å². The van der Waals surface area contributed by atoms with Gasteiger partial charge in [0.25, 0.3) is 5.91 Å². The molecule has 1 aliphatic carbocycles. The van der Waals surface area contributed by atoms with Gasteiger partial charge in [-0.2, -0.15) is 26.3 Å². The van der Waals surface area contributed by atoms with Gasteiger partial charge >= 0.3 is 12.4 Å². The van der Waals surface area contributed by atoms with Crippen LogP contribution in [0.25, 0.3) is 11.1 Å². The molecule has 0 aliphatic heterocycles. The van der Waals surface area contributed by atoms with Crippen LogP contribution in [-0.4, -0.2) is 48.6 Å². The Kier molecular flexibility index (Phi) is 7.53. The van der Waals surface area contributed by atoms with Crippen molar-refractivity contribution in [2.24, 2.45) is 5.92 Å². The molecule has 0 spiro atoms. The number of hydrogen-bond acceptors (Lipinski definition) is 4. The summed E-state index contributed by atoms with van der Waals surface area (Å²) in [7, 11) is 1.18. The molecular weight excluding hydrogens is 485 g/mol. The number of benzene rings is 1. The van der Waals surface area contributed by atoms with Gasteiger partial charge < -0.3 is 14.7 Å². The lowest BCUT2D eigenvalue weighted by Crippen LogP contribution is -2.33. The van der Waals surface area contributed by atoms with Crippen molar-refractivity contribution >= 4 is 11.6 Å². The number of pyridine rings is 1. The van der Waals surface area contributed by atoms with Crippen LogP contribution in [0.3, 0.4) is 0 Å². The molecular formula is C23H19F7N2O3. The molecule has 3 rings (SSSR count). The molecule has 1 atom stereocenters. The summed E-state index contributed by atoms with van der Waals surface area (Å²) in [5, 5.41) is 9.02. The third kappa shape index (κ3) is 5.99. The molecule has 0 fully saturated rings. The van der Waals surface area contributed by atoms with Crippen LogP contribution in [0, 0.1) is 11.7 Å². The zero-order chi connectivity index (χ0) is 26.0. The number of aromatic nitrogens is 1. The van der Waals surface area contributed by atoms with Gasteiger partial charge in [-0.25, -0.2) is 4.39 Å². The second-order valence-corrected chi connectivity index (χ2v) is 7.61. The van der Waals surface area contributed by atoms with Crippen molar-refractivity contribution in [3.8, 4) is 16.9 Å². The quantitative estimate of drug-likeness (QED) is 0.549. The number of rotatable bonds is 6. The number of ether oxygens (including phenoxy) is 1. The molecule has 1 aromatic carbocycles. The smallest absolute Gasteiger partial charge is 0.416 e. The summed E-state index contributed by atoms with van der Waals surface area (Å²) in [4.78, 5) is 17.9. The Labute approximate surface area is 195 Å². The monoisotopic (exact) mass is 504 g/mol. The second kappa shape index (κ2) is 10.1. The minimum absolute atomic E-state index is 0.00339. The number of aliphatic hydroxyl groups is 1. The fourth-order valence-electron chi connectivity index (χ4n) is 3.54. The minimum Gasteiger partial charge on any atom is -0.490 e. The number of carbonyl (C=O) groups is 1. The number of aliphatic hydroxyl groups excluding tert-OH is 1. The maximum Gasteiger partial charge on any atom is 0.416 e. The molecule has 1 N–H and O–H groups in total. The Morgan fingerprint density at radius 3 is 2.51 bits per heavy atom. The van der Waals surface area contributed by atoms with Crippen molar-refractivity contribution in [1.29, 1.82) is 0 Å². The number of likely N-dealkylation sites (N-methyl/N-ethyl adjacent to an activating group) is 1. The fourth-order valence-corrected chi connectivity index (χ4v) is 3.54. The summed E-state index contributed by atoms with van der Waals surface area (Å²) in [5.41, 5.74) is -1.70. The summed E-state index contributed by atoms with van der Waals surface area (Å²) < 4.78 is 98.7. The van der Waals surface area contributed by atoms with Crippen molar-refractivity contribution in [2.45, 2.75) is 18.8 Å². The van der Waals surface area contributed by atoms with Crippen molar-refractivity contribution in [3.63, 3.8) is 0 Å². The highest BCUT2D eigenvalue weighted by molar-refractivity contribution is 6.07. The van der Waals surface area contributed by atoms with Gasteiger partial charge in [0.1, 0.15) is 18.2 Å². The maximum atomic E-state index is 13.8. The number of anilines is 1. The molecule has 5 nitrogen and oxygen atoms in total. The lowest BCUT2D eigenvalue weighted by Gasteiger charge is -2.27. The van der Waals surface area contributed by atoms with Crippen LogP contribution in [0.5, 0.6) is 5.75 Å². The van der Waals surface area contributed by atoms with E-state index in [1.54, 1.807) is 0 Å². The van der Waals surface area contributed by atoms with Crippen LogP contribution in [-0.2, 0) is 4.79 Å². The van der Waals surface area contributed by atoms with Gasteiger partial charge in [0.05, 0.1) is 30.0 Å². The average Bonchev–Trinajstić information content (AvgIpc) is 2.80. The summed E-state index contributed by atoms with van der Waals surface area (Å²) in [6.45, 7) is -0.551. The summed E-state index contributed by atoms with van der Waals surface area (Å²) in [6, 6.07) is 4.89. The van der Waals surface area contributed by atoms with E-state index in [2.05, 4.69) is 4.98 Å². The molecule has 2 aromatic rings. The van der Waals surface area contributed by atoms with Crippen molar-refractivity contribution in [3.05, 3.63) is 65.8 Å². The van der Waals surface area contributed by atoms with Crippen LogP contribution in [0.2, 0.25) is 0 Å². The zero-order valence-corrected chi connectivity index (χ0v) is 18.1. The van der Waals surface area contributed by atoms with Crippen LogP contribution >= 0.6 is 0 Å². The molecule has 1 amide bonds. The van der Waals surface area contributed by atoms with Crippen molar-refractivity contribution in [2.75, 3.05) is 25.2 Å². The van der Waals surface area contributed by atoms with Crippen LogP contribution < -0.4 is 9.64 Å². The Balaban J connectivity index is 2.03. The number of alkyl halides is 6. The van der Waals surface area contributed by atoms with E-state index in [9.17, 15) is 35.5 Å². The number of hydrogen-bond donors (Lipinski definition) is 1. The maximum absolute atomic E-state index is 13.8. The first-order valence-corrected chi connectivity index (χ1v) is 10.1. The average molecular weight is 504 g/mol. The summed E-state index contributed by atoms with van der Waals surface area (Å²) in [5.74, 6) is -4.23. The number of carbonyl (C=O) groups excluding carboxylic acids is 1. The van der Waals surface area contributed by atoms with Gasteiger partial charge in [-0.15, -0.1) is 0 Å². The first-order valence-electron chi connectivity index (χ1n) is 10.1. The Bertz CT molecular complexity index is 1160. The molecule has 0 bridgehead atoms. The summed E-state index contributed by atoms with van der Waals surface area (Å²) >= 11 is 0. The molecule has 12 heteroatoms. The molecule has 0 saturated carbocycles. The molecule has 1 aromatic heterocycles. The Morgan fingerprint density at radius 2 is 1.89 bits per heavy atom. The molecule has 1 aliphatic rings. The highest BCUT2D eigenvalue weighted by Gasteiger charge is 2.45. The molecule has 0 radical (unpaired) electrons. The minimum atomic E-state index is -5.08. The van der Waals surface area contributed by atoms with Crippen molar-refractivity contribution < 1.29 is 45.4 Å². The third-order valence-electron chi connectivity index (χ3n) is 5.22. The van der Waals surface area contributed by atoms with E-state index in [-0.39, 0.29) is 41.9 Å². The van der Waals surface area contributed by atoms with E-state index in [0.717, 1.165) is 17.0 Å². The van der Waals surface area contributed by atoms with Gasteiger partial charge in [0, 0.05) is 36.0 Å². The third-order valence-corrected chi connectivity index (χ3v) is 5.22. The van der Waals surface area contributed by atoms with Gasteiger partial charge in [-0.05, 0) is 30.7 Å². The second-order valence-electron chi connectivity index (χ2n) is 7.61. The van der Waals surface area contributed by atoms with Crippen LogP contribution in [0.4, 0.5) is 36.4 Å². The van der Waals surface area contributed by atoms with Gasteiger partial charge in [-0.3, -0.25) is 9.78 Å². The number of nitrogens with zero attached hydrogens (tertiary/aromatic N) is 2. The van der Waals surface area contributed by atoms with E-state index in [1.165, 1.54) is 31.6 Å². The highest BCUT2D eigenvalue weighted by Crippen LogP contribution is 2.42. The first-order chi connectivity index (χ1) is 16.3. The van der Waals surface area contributed by atoms with E-state index in [0.29, 0.717) is 6.08 Å². The first kappa shape index (κ1) is 26.2. The van der Waals surface area contributed by atoms with Crippen LogP contribution in [0.1, 0.15) is 6.42 Å². The molecule has 1 unspecified atom stereocenters. The van der Waals surface area contributed by atoms with E-state index in [1.807, 2.05) is 0 Å². The highest BCUT2D eigenvalue weighted by atomic mass is 19.4. The normalized spacial score (nSPS) is 16.4. The standard InChI is InChI=1S/C23H19F7N2O3/c1-32(21(34)13-8-14(22(25,26)27)10-15(9-13)23(28,29)30)19-12-31-5-4-17(19)18-3-2-16(24)11-20(18)35-7-6-33/h2-5,8,10-12,15,33H,6-7,9H2,1H3. The summed E-state index contributed by atoms with van der Waals surface area (Å²) in [6.07, 6.45) is -8.04. The topological polar surface area (TPSA) is 62.7 Å². The largest absolute Gasteiger partial charge is 0.490 e. The number of halogens is 7. The van der Waals surface area contributed by atoms with E-state index < -0.39 is 47.6 Å². The number of allylic oxidation sites excluding steroid dienone is 3. The fraction of sp³-hybridized carbons (Fsp3) is 0.304. The Hall–Kier alpha value is -3.41. The molecule has 0 saturated heterocycles. The number of amides is 1. The lowest BCUT2D eigenvalue weighted by atomic mass is 9.88. The predicted molar refractivity (Wildman–Crippen MR) is 112 cm³/mol. The Morgan fingerprint density at radius 1 is 1.17 bits per heavy atom.